The predicted molar refractivity (Wildman–Crippen MR) is 98.4 cm³/mol. The number of Topliss-reactive ketones (excluding diaryl/α,β-unsaturated/α-hetero) is 1. The van der Waals surface area contributed by atoms with Crippen molar-refractivity contribution in [3.05, 3.63) is 59.7 Å². The Labute approximate surface area is 146 Å². The monoisotopic (exact) mass is 361 g/mol. The average Bonchev–Trinajstić information content (AvgIpc) is 2.88. The van der Waals surface area contributed by atoms with Crippen LogP contribution in [0.5, 0.6) is 0 Å². The van der Waals surface area contributed by atoms with Gasteiger partial charge in [0.05, 0.1) is 17.7 Å². The number of hydrogen-bond acceptors (Lipinski definition) is 4. The summed E-state index contributed by atoms with van der Waals surface area (Å²) >= 11 is 1.51. The van der Waals surface area contributed by atoms with E-state index in [0.717, 1.165) is 10.5 Å². The summed E-state index contributed by atoms with van der Waals surface area (Å²) in [5.41, 5.74) is 2.25. The highest BCUT2D eigenvalue weighted by Crippen LogP contribution is 2.35. The summed E-state index contributed by atoms with van der Waals surface area (Å²) in [4.78, 5) is 13.5. The van der Waals surface area contributed by atoms with E-state index in [9.17, 15) is 13.2 Å². The summed E-state index contributed by atoms with van der Waals surface area (Å²) in [7, 11) is -3.30. The smallest absolute Gasteiger partial charge is 0.232 e. The molecule has 24 heavy (non-hydrogen) atoms. The summed E-state index contributed by atoms with van der Waals surface area (Å²) < 4.78 is 25.3. The van der Waals surface area contributed by atoms with Crippen LogP contribution in [0.4, 0.5) is 5.69 Å². The molecule has 0 saturated carbocycles. The van der Waals surface area contributed by atoms with Crippen LogP contribution >= 0.6 is 11.8 Å². The van der Waals surface area contributed by atoms with Gasteiger partial charge in [-0.05, 0) is 49.2 Å². The van der Waals surface area contributed by atoms with E-state index in [0.29, 0.717) is 23.4 Å². The number of carbonyl (C=O) groups excluding carboxylic acids is 1. The number of sulfonamides is 1. The van der Waals surface area contributed by atoms with Crippen LogP contribution in [0, 0.1) is 0 Å². The molecule has 2 aromatic rings. The number of anilines is 1. The minimum absolute atomic E-state index is 0.0529. The van der Waals surface area contributed by atoms with Gasteiger partial charge in [-0.1, -0.05) is 18.2 Å². The standard InChI is InChI=1S/C18H19NO3S2/c1-13-10-15-11-14(8-9-17(15)19(13)24(2,21)22)18(20)12-23-16-6-4-3-5-7-16/h3-9,11,13H,10,12H2,1-2H3/t13-/m0/s1. The zero-order valence-corrected chi connectivity index (χ0v) is 15.2. The van der Waals surface area contributed by atoms with Crippen molar-refractivity contribution in [1.82, 2.24) is 0 Å². The van der Waals surface area contributed by atoms with E-state index in [4.69, 9.17) is 0 Å². The van der Waals surface area contributed by atoms with Gasteiger partial charge in [0.2, 0.25) is 10.0 Å². The molecular weight excluding hydrogens is 342 g/mol. The number of rotatable bonds is 5. The van der Waals surface area contributed by atoms with Crippen molar-refractivity contribution in [2.24, 2.45) is 0 Å². The summed E-state index contributed by atoms with van der Waals surface area (Å²) in [6, 6.07) is 15.0. The molecule has 1 atom stereocenters. The summed E-state index contributed by atoms with van der Waals surface area (Å²) in [5, 5.41) is 0. The highest BCUT2D eigenvalue weighted by atomic mass is 32.2. The maximum absolute atomic E-state index is 12.4. The first-order valence-electron chi connectivity index (χ1n) is 7.69. The third-order valence-corrected chi connectivity index (χ3v) is 6.31. The Bertz CT molecular complexity index is 863. The number of thioether (sulfide) groups is 1. The zero-order chi connectivity index (χ0) is 17.3. The number of carbonyl (C=O) groups is 1. The van der Waals surface area contributed by atoms with Gasteiger partial charge in [-0.3, -0.25) is 9.10 Å². The van der Waals surface area contributed by atoms with Crippen molar-refractivity contribution in [2.75, 3.05) is 16.3 Å². The topological polar surface area (TPSA) is 54.5 Å². The van der Waals surface area contributed by atoms with Gasteiger partial charge in [0.25, 0.3) is 0 Å². The van der Waals surface area contributed by atoms with Crippen LogP contribution in [-0.2, 0) is 16.4 Å². The van der Waals surface area contributed by atoms with Gasteiger partial charge in [0.1, 0.15) is 0 Å². The molecular formula is C18H19NO3S2. The number of fused-ring (bicyclic) bond motifs is 1. The number of nitrogens with zero attached hydrogens (tertiary/aromatic N) is 1. The van der Waals surface area contributed by atoms with E-state index >= 15 is 0 Å². The molecule has 0 radical (unpaired) electrons. The maximum atomic E-state index is 12.4. The first-order chi connectivity index (χ1) is 11.4. The van der Waals surface area contributed by atoms with Crippen LogP contribution < -0.4 is 4.31 Å². The maximum Gasteiger partial charge on any atom is 0.232 e. The van der Waals surface area contributed by atoms with Crippen LogP contribution in [-0.4, -0.2) is 32.3 Å². The lowest BCUT2D eigenvalue weighted by Gasteiger charge is -2.21. The van der Waals surface area contributed by atoms with Gasteiger partial charge in [0.15, 0.2) is 5.78 Å². The van der Waals surface area contributed by atoms with E-state index in [1.54, 1.807) is 12.1 Å². The van der Waals surface area contributed by atoms with E-state index in [1.165, 1.54) is 22.3 Å². The van der Waals surface area contributed by atoms with E-state index in [2.05, 4.69) is 0 Å². The minimum atomic E-state index is -3.30. The van der Waals surface area contributed by atoms with Crippen molar-refractivity contribution >= 4 is 33.3 Å². The van der Waals surface area contributed by atoms with E-state index in [-0.39, 0.29) is 11.8 Å². The average molecular weight is 361 g/mol. The third kappa shape index (κ3) is 3.49. The van der Waals surface area contributed by atoms with Gasteiger partial charge in [-0.25, -0.2) is 8.42 Å². The molecule has 0 aliphatic carbocycles. The zero-order valence-electron chi connectivity index (χ0n) is 13.6. The van der Waals surface area contributed by atoms with Crippen molar-refractivity contribution in [3.63, 3.8) is 0 Å². The second kappa shape index (κ2) is 6.61. The van der Waals surface area contributed by atoms with Gasteiger partial charge >= 0.3 is 0 Å². The van der Waals surface area contributed by atoms with Crippen LogP contribution in [0.3, 0.4) is 0 Å². The van der Waals surface area contributed by atoms with Crippen molar-refractivity contribution in [3.8, 4) is 0 Å². The van der Waals surface area contributed by atoms with Gasteiger partial charge in [-0.2, -0.15) is 0 Å². The van der Waals surface area contributed by atoms with Crippen molar-refractivity contribution in [2.45, 2.75) is 24.3 Å². The molecule has 1 aliphatic rings. The minimum Gasteiger partial charge on any atom is -0.293 e. The van der Waals surface area contributed by atoms with E-state index in [1.807, 2.05) is 43.3 Å². The Morgan fingerprint density at radius 2 is 1.92 bits per heavy atom. The fourth-order valence-corrected chi connectivity index (χ4v) is 5.11. The lowest BCUT2D eigenvalue weighted by atomic mass is 10.0. The van der Waals surface area contributed by atoms with Crippen LogP contribution in [0.15, 0.2) is 53.4 Å². The number of benzene rings is 2. The van der Waals surface area contributed by atoms with Crippen molar-refractivity contribution in [1.29, 1.82) is 0 Å². The molecule has 4 nitrogen and oxygen atoms in total. The fourth-order valence-electron chi connectivity index (χ4n) is 3.03. The molecule has 2 aromatic carbocycles. The normalized spacial score (nSPS) is 16.9. The summed E-state index contributed by atoms with van der Waals surface area (Å²) in [6.07, 6.45) is 1.85. The second-order valence-corrected chi connectivity index (χ2v) is 8.89. The molecule has 0 spiro atoms. The quantitative estimate of drug-likeness (QED) is 0.605. The predicted octanol–water partition coefficient (Wildman–Crippen LogP) is 3.37. The lowest BCUT2D eigenvalue weighted by Crippen LogP contribution is -2.34. The Kier molecular flexibility index (Phi) is 4.69. The largest absolute Gasteiger partial charge is 0.293 e. The highest BCUT2D eigenvalue weighted by Gasteiger charge is 2.32. The van der Waals surface area contributed by atoms with E-state index < -0.39 is 10.0 Å². The molecule has 0 unspecified atom stereocenters. The first-order valence-corrected chi connectivity index (χ1v) is 10.5. The molecule has 0 N–H and O–H groups in total. The Balaban J connectivity index is 1.77. The van der Waals surface area contributed by atoms with Crippen LogP contribution in [0.2, 0.25) is 0 Å². The molecule has 6 heteroatoms. The first kappa shape index (κ1) is 17.0. The molecule has 0 amide bonds. The third-order valence-electron chi connectivity index (χ3n) is 4.02. The molecule has 1 aliphatic heterocycles. The molecule has 3 rings (SSSR count). The summed E-state index contributed by atoms with van der Waals surface area (Å²) in [6.45, 7) is 1.88. The molecule has 0 fully saturated rings. The lowest BCUT2D eigenvalue weighted by molar-refractivity contribution is 0.102. The molecule has 0 aromatic heterocycles. The van der Waals surface area contributed by atoms with Crippen LogP contribution in [0.25, 0.3) is 0 Å². The van der Waals surface area contributed by atoms with Crippen LogP contribution in [0.1, 0.15) is 22.8 Å². The Morgan fingerprint density at radius 1 is 1.21 bits per heavy atom. The second-order valence-electron chi connectivity index (χ2n) is 5.98. The molecule has 1 heterocycles. The Hall–Kier alpha value is -1.79. The molecule has 0 bridgehead atoms. The highest BCUT2D eigenvalue weighted by molar-refractivity contribution is 8.00. The fraction of sp³-hybridized carbons (Fsp3) is 0.278. The molecule has 0 saturated heterocycles. The Morgan fingerprint density at radius 3 is 2.58 bits per heavy atom. The SMILES string of the molecule is C[C@H]1Cc2cc(C(=O)CSc3ccccc3)ccc2N1S(C)(=O)=O. The van der Waals surface area contributed by atoms with Crippen molar-refractivity contribution < 1.29 is 13.2 Å². The molecule has 126 valence electrons. The van der Waals surface area contributed by atoms with Gasteiger partial charge < -0.3 is 0 Å². The number of ketones is 1. The van der Waals surface area contributed by atoms with Gasteiger partial charge in [-0.15, -0.1) is 11.8 Å². The summed E-state index contributed by atoms with van der Waals surface area (Å²) in [5.74, 6) is 0.422. The van der Waals surface area contributed by atoms with Gasteiger partial charge in [0, 0.05) is 16.5 Å². The number of hydrogen-bond donors (Lipinski definition) is 0.